The molecule has 0 spiro atoms. The maximum atomic E-state index is 2.32. The van der Waals surface area contributed by atoms with Crippen LogP contribution in [0.4, 0.5) is 0 Å². The molecule has 0 aromatic heterocycles. The van der Waals surface area contributed by atoms with Gasteiger partial charge in [-0.15, -0.1) is 0 Å². The number of unbranched alkanes of at least 4 members (excludes halogenated alkanes) is 14. The van der Waals surface area contributed by atoms with E-state index in [0.29, 0.717) is 0 Å². The Morgan fingerprint density at radius 2 is 0.852 bits per heavy atom. The molecule has 0 N–H and O–H groups in total. The first-order valence-corrected chi connectivity index (χ1v) is 13.4. The van der Waals surface area contributed by atoms with Gasteiger partial charge in [0.25, 0.3) is 0 Å². The van der Waals surface area contributed by atoms with E-state index in [9.17, 15) is 0 Å². The quantitative estimate of drug-likeness (QED) is 0.196. The molecule has 0 saturated heterocycles. The van der Waals surface area contributed by atoms with Crippen LogP contribution in [0.5, 0.6) is 0 Å². The lowest BCUT2D eigenvalue weighted by atomic mass is 9.75. The van der Waals surface area contributed by atoms with Crippen molar-refractivity contribution in [1.82, 2.24) is 0 Å². The van der Waals surface area contributed by atoms with Crippen LogP contribution >= 0.6 is 0 Å². The molecule has 0 aliphatic heterocycles. The second-order valence-electron chi connectivity index (χ2n) is 9.69. The fourth-order valence-electron chi connectivity index (χ4n) is 5.30. The Kier molecular flexibility index (Phi) is 17.9. The van der Waals surface area contributed by atoms with E-state index in [-0.39, 0.29) is 0 Å². The van der Waals surface area contributed by atoms with Crippen LogP contribution in [0.2, 0.25) is 0 Å². The van der Waals surface area contributed by atoms with E-state index in [1.165, 1.54) is 122 Å². The molecule has 0 atom stereocenters. The Morgan fingerprint density at radius 1 is 0.481 bits per heavy atom. The van der Waals surface area contributed by atoms with Gasteiger partial charge in [-0.05, 0) is 11.8 Å². The van der Waals surface area contributed by atoms with Crippen molar-refractivity contribution in [2.75, 3.05) is 0 Å². The van der Waals surface area contributed by atoms with Gasteiger partial charge in [-0.1, -0.05) is 162 Å². The Hall–Kier alpha value is 0. The maximum absolute atomic E-state index is 2.32. The van der Waals surface area contributed by atoms with E-state index in [0.717, 1.165) is 11.8 Å². The summed E-state index contributed by atoms with van der Waals surface area (Å²) in [6, 6.07) is 0. The van der Waals surface area contributed by atoms with Crippen LogP contribution < -0.4 is 0 Å². The number of hydrogen-bond acceptors (Lipinski definition) is 0. The molecule has 0 radical (unpaired) electrons. The minimum atomic E-state index is 1.07. The molecule has 0 amide bonds. The van der Waals surface area contributed by atoms with Gasteiger partial charge in [0.1, 0.15) is 0 Å². The molecule has 0 nitrogen and oxygen atoms in total. The third kappa shape index (κ3) is 14.6. The van der Waals surface area contributed by atoms with Crippen molar-refractivity contribution < 1.29 is 0 Å². The SMILES string of the molecule is CCCCCCCCCCC(CCCCCCCCCC)C1CCCCC1. The lowest BCUT2D eigenvalue weighted by Gasteiger charge is -2.30. The highest BCUT2D eigenvalue weighted by Gasteiger charge is 2.22. The molecule has 1 saturated carbocycles. The minimum absolute atomic E-state index is 1.07. The summed E-state index contributed by atoms with van der Waals surface area (Å²) in [4.78, 5) is 0. The topological polar surface area (TPSA) is 0 Å². The minimum Gasteiger partial charge on any atom is -0.0654 e. The molecule has 1 aliphatic carbocycles. The standard InChI is InChI=1S/C27H54/c1-3-5-7-9-11-13-15-18-22-26(27-24-20-17-21-25-27)23-19-16-14-12-10-8-6-4-2/h26-27H,3-25H2,1-2H3. The summed E-state index contributed by atoms with van der Waals surface area (Å²) in [6.45, 7) is 4.63. The van der Waals surface area contributed by atoms with Crippen molar-refractivity contribution in [3.05, 3.63) is 0 Å². The highest BCUT2D eigenvalue weighted by molar-refractivity contribution is 4.74. The van der Waals surface area contributed by atoms with Gasteiger partial charge in [-0.3, -0.25) is 0 Å². The number of hydrogen-bond donors (Lipinski definition) is 0. The molecule has 0 heterocycles. The first-order chi connectivity index (χ1) is 13.4. The predicted molar refractivity (Wildman–Crippen MR) is 125 cm³/mol. The molecule has 0 unspecified atom stereocenters. The zero-order valence-electron chi connectivity index (χ0n) is 19.4. The molecule has 1 fully saturated rings. The zero-order chi connectivity index (χ0) is 19.4. The van der Waals surface area contributed by atoms with Crippen molar-refractivity contribution in [2.45, 2.75) is 162 Å². The zero-order valence-corrected chi connectivity index (χ0v) is 19.4. The van der Waals surface area contributed by atoms with Crippen molar-refractivity contribution in [3.63, 3.8) is 0 Å². The number of rotatable bonds is 19. The maximum Gasteiger partial charge on any atom is -0.0386 e. The van der Waals surface area contributed by atoms with E-state index >= 15 is 0 Å². The van der Waals surface area contributed by atoms with Gasteiger partial charge in [-0.25, -0.2) is 0 Å². The van der Waals surface area contributed by atoms with Crippen LogP contribution in [0, 0.1) is 11.8 Å². The van der Waals surface area contributed by atoms with E-state index in [2.05, 4.69) is 13.8 Å². The summed E-state index contributed by atoms with van der Waals surface area (Å²) >= 11 is 0. The summed E-state index contributed by atoms with van der Waals surface area (Å²) in [6.07, 6.45) is 34.4. The van der Waals surface area contributed by atoms with Crippen molar-refractivity contribution in [2.24, 2.45) is 11.8 Å². The smallest absolute Gasteiger partial charge is 0.0386 e. The van der Waals surface area contributed by atoms with E-state index in [1.54, 1.807) is 25.7 Å². The van der Waals surface area contributed by atoms with E-state index in [4.69, 9.17) is 0 Å². The van der Waals surface area contributed by atoms with Gasteiger partial charge < -0.3 is 0 Å². The van der Waals surface area contributed by atoms with Crippen LogP contribution in [0.25, 0.3) is 0 Å². The average Bonchev–Trinajstić information content (AvgIpc) is 2.71. The van der Waals surface area contributed by atoms with Gasteiger partial charge in [0.05, 0.1) is 0 Å². The lowest BCUT2D eigenvalue weighted by molar-refractivity contribution is 0.214. The second-order valence-corrected chi connectivity index (χ2v) is 9.69. The van der Waals surface area contributed by atoms with Gasteiger partial charge >= 0.3 is 0 Å². The van der Waals surface area contributed by atoms with Gasteiger partial charge in [0.15, 0.2) is 0 Å². The molecule has 162 valence electrons. The summed E-state index contributed by atoms with van der Waals surface area (Å²) in [5.74, 6) is 2.17. The van der Waals surface area contributed by atoms with Crippen molar-refractivity contribution >= 4 is 0 Å². The summed E-state index contributed by atoms with van der Waals surface area (Å²) in [7, 11) is 0. The van der Waals surface area contributed by atoms with Crippen LogP contribution in [-0.4, -0.2) is 0 Å². The third-order valence-corrected chi connectivity index (χ3v) is 7.17. The first kappa shape index (κ1) is 25.0. The summed E-state index contributed by atoms with van der Waals surface area (Å²) in [5, 5.41) is 0. The molecule has 0 bridgehead atoms. The normalized spacial score (nSPS) is 15.7. The van der Waals surface area contributed by atoms with E-state index in [1.807, 2.05) is 0 Å². The molecule has 1 aliphatic rings. The fraction of sp³-hybridized carbons (Fsp3) is 1.00. The van der Waals surface area contributed by atoms with Gasteiger partial charge in [0, 0.05) is 0 Å². The average molecular weight is 379 g/mol. The molecular formula is C27H54. The summed E-state index contributed by atoms with van der Waals surface area (Å²) < 4.78 is 0. The Bertz CT molecular complexity index is 256. The van der Waals surface area contributed by atoms with Gasteiger partial charge in [0.2, 0.25) is 0 Å². The van der Waals surface area contributed by atoms with Crippen LogP contribution in [0.3, 0.4) is 0 Å². The predicted octanol–water partition coefficient (Wildman–Crippen LogP) is 10.2. The second kappa shape index (κ2) is 19.3. The van der Waals surface area contributed by atoms with Crippen molar-refractivity contribution in [3.8, 4) is 0 Å². The summed E-state index contributed by atoms with van der Waals surface area (Å²) in [5.41, 5.74) is 0. The Labute approximate surface area is 173 Å². The highest BCUT2D eigenvalue weighted by atomic mass is 14.3. The molecule has 0 heteroatoms. The monoisotopic (exact) mass is 378 g/mol. The highest BCUT2D eigenvalue weighted by Crippen LogP contribution is 2.36. The molecule has 0 aromatic rings. The Balaban J connectivity index is 2.10. The first-order valence-electron chi connectivity index (χ1n) is 13.4. The molecule has 0 aromatic carbocycles. The van der Waals surface area contributed by atoms with Gasteiger partial charge in [-0.2, -0.15) is 0 Å². The van der Waals surface area contributed by atoms with Crippen LogP contribution in [0.1, 0.15) is 162 Å². The molecule has 27 heavy (non-hydrogen) atoms. The van der Waals surface area contributed by atoms with Crippen LogP contribution in [0.15, 0.2) is 0 Å². The fourth-order valence-corrected chi connectivity index (χ4v) is 5.30. The van der Waals surface area contributed by atoms with Crippen molar-refractivity contribution in [1.29, 1.82) is 0 Å². The third-order valence-electron chi connectivity index (χ3n) is 7.17. The largest absolute Gasteiger partial charge is 0.0654 e. The Morgan fingerprint density at radius 3 is 1.26 bits per heavy atom. The van der Waals surface area contributed by atoms with Crippen LogP contribution in [-0.2, 0) is 0 Å². The van der Waals surface area contributed by atoms with E-state index < -0.39 is 0 Å². The lowest BCUT2D eigenvalue weighted by Crippen LogP contribution is -2.18. The molecular weight excluding hydrogens is 324 g/mol. The molecule has 1 rings (SSSR count).